The Labute approximate surface area is 123 Å². The predicted octanol–water partition coefficient (Wildman–Crippen LogP) is 2.58. The van der Waals surface area contributed by atoms with Crippen molar-refractivity contribution in [3.05, 3.63) is 17.5 Å². The van der Waals surface area contributed by atoms with Gasteiger partial charge < -0.3 is 20.7 Å². The van der Waals surface area contributed by atoms with Crippen LogP contribution in [0.5, 0.6) is 0 Å². The van der Waals surface area contributed by atoms with E-state index >= 15 is 0 Å². The fourth-order valence-electron chi connectivity index (χ4n) is 3.87. The van der Waals surface area contributed by atoms with E-state index in [1.807, 2.05) is 0 Å². The molecular formula is C15H21N3O3. The number of nitrogens with one attached hydrogen (secondary N) is 3. The number of anilines is 1. The maximum Gasteiger partial charge on any atom is 0.354 e. The summed E-state index contributed by atoms with van der Waals surface area (Å²) in [7, 11) is 0. The van der Waals surface area contributed by atoms with Crippen LogP contribution >= 0.6 is 0 Å². The Morgan fingerprint density at radius 3 is 2.81 bits per heavy atom. The Morgan fingerprint density at radius 1 is 1.38 bits per heavy atom. The molecule has 0 spiro atoms. The number of carboxylic acids is 1. The highest BCUT2D eigenvalue weighted by molar-refractivity contribution is 5.99. The number of carboxylic acid groups (broad SMARTS) is 1. The molecule has 3 unspecified atom stereocenters. The fourth-order valence-corrected chi connectivity index (χ4v) is 3.87. The molecule has 0 saturated heterocycles. The summed E-state index contributed by atoms with van der Waals surface area (Å²) < 4.78 is 0. The summed E-state index contributed by atoms with van der Waals surface area (Å²) in [6, 6.07) is 1.29. The van der Waals surface area contributed by atoms with E-state index in [1.54, 1.807) is 13.0 Å². The van der Waals surface area contributed by atoms with Gasteiger partial charge in [0.15, 0.2) is 0 Å². The Balaban J connectivity index is 1.53. The molecule has 2 aliphatic rings. The molecule has 0 aromatic carbocycles. The zero-order chi connectivity index (χ0) is 15.0. The number of rotatable bonds is 4. The maximum atomic E-state index is 11.9. The van der Waals surface area contributed by atoms with Gasteiger partial charge in [-0.2, -0.15) is 0 Å². The van der Waals surface area contributed by atoms with Crippen molar-refractivity contribution in [1.82, 2.24) is 10.3 Å². The van der Waals surface area contributed by atoms with Crippen molar-refractivity contribution in [2.75, 3.05) is 11.9 Å². The lowest BCUT2D eigenvalue weighted by Gasteiger charge is -2.21. The number of aromatic amines is 1. The SMILES string of the molecule is Cc1cc(NC(=O)NCC2CC3CCC2C3)c(C(=O)O)[nH]1. The Hall–Kier alpha value is -1.98. The minimum atomic E-state index is -1.08. The van der Waals surface area contributed by atoms with Gasteiger partial charge in [-0.25, -0.2) is 9.59 Å². The lowest BCUT2D eigenvalue weighted by Crippen LogP contribution is -2.34. The van der Waals surface area contributed by atoms with Crippen LogP contribution in [0.15, 0.2) is 6.07 Å². The molecule has 6 nitrogen and oxygen atoms in total. The van der Waals surface area contributed by atoms with Crippen molar-refractivity contribution in [2.24, 2.45) is 17.8 Å². The van der Waals surface area contributed by atoms with Gasteiger partial charge in [0.25, 0.3) is 0 Å². The smallest absolute Gasteiger partial charge is 0.354 e. The second-order valence-corrected chi connectivity index (χ2v) is 6.32. The molecule has 1 aromatic heterocycles. The molecule has 2 amide bonds. The van der Waals surface area contributed by atoms with Crippen molar-refractivity contribution in [2.45, 2.75) is 32.6 Å². The van der Waals surface area contributed by atoms with Gasteiger partial charge >= 0.3 is 12.0 Å². The van der Waals surface area contributed by atoms with Crippen molar-refractivity contribution < 1.29 is 14.7 Å². The molecule has 4 N–H and O–H groups in total. The van der Waals surface area contributed by atoms with E-state index in [0.717, 1.165) is 11.8 Å². The molecule has 3 rings (SSSR count). The molecular weight excluding hydrogens is 270 g/mol. The van der Waals surface area contributed by atoms with Crippen molar-refractivity contribution in [3.8, 4) is 0 Å². The molecule has 21 heavy (non-hydrogen) atoms. The van der Waals surface area contributed by atoms with E-state index in [0.29, 0.717) is 23.8 Å². The Bertz CT molecular complexity index is 567. The minimum absolute atomic E-state index is 0.0163. The lowest BCUT2D eigenvalue weighted by atomic mass is 9.89. The first-order chi connectivity index (χ1) is 10.0. The number of aromatic carboxylic acids is 1. The molecule has 1 heterocycles. The fraction of sp³-hybridized carbons (Fsp3) is 0.600. The van der Waals surface area contributed by atoms with Crippen LogP contribution in [-0.4, -0.2) is 28.6 Å². The number of carbonyl (C=O) groups is 2. The molecule has 2 bridgehead atoms. The number of amides is 2. The molecule has 6 heteroatoms. The number of hydrogen-bond acceptors (Lipinski definition) is 2. The summed E-state index contributed by atoms with van der Waals surface area (Å²) in [4.78, 5) is 25.7. The quantitative estimate of drug-likeness (QED) is 0.686. The number of carbonyl (C=O) groups excluding carboxylic acids is 1. The average molecular weight is 291 g/mol. The van der Waals surface area contributed by atoms with Gasteiger partial charge in [-0.3, -0.25) is 0 Å². The van der Waals surface area contributed by atoms with Gasteiger partial charge in [0.1, 0.15) is 5.69 Å². The molecule has 3 atom stereocenters. The normalized spacial score (nSPS) is 26.8. The van der Waals surface area contributed by atoms with Gasteiger partial charge in [0.2, 0.25) is 0 Å². The topological polar surface area (TPSA) is 94.2 Å². The first-order valence-electron chi connectivity index (χ1n) is 7.50. The Kier molecular flexibility index (Phi) is 3.61. The van der Waals surface area contributed by atoms with Crippen LogP contribution in [0.4, 0.5) is 10.5 Å². The van der Waals surface area contributed by atoms with Crippen molar-refractivity contribution in [1.29, 1.82) is 0 Å². The number of aryl methyl sites for hydroxylation is 1. The molecule has 0 radical (unpaired) electrons. The minimum Gasteiger partial charge on any atom is -0.477 e. The number of fused-ring (bicyclic) bond motifs is 2. The van der Waals surface area contributed by atoms with Crippen LogP contribution < -0.4 is 10.6 Å². The molecule has 1 aromatic rings. The molecule has 0 aliphatic heterocycles. The van der Waals surface area contributed by atoms with Gasteiger partial charge in [0, 0.05) is 12.2 Å². The van der Waals surface area contributed by atoms with Crippen LogP contribution in [0.2, 0.25) is 0 Å². The summed E-state index contributed by atoms with van der Waals surface area (Å²) in [5.74, 6) is 1.13. The number of H-pyrrole nitrogens is 1. The monoisotopic (exact) mass is 291 g/mol. The highest BCUT2D eigenvalue weighted by Crippen LogP contribution is 2.47. The van der Waals surface area contributed by atoms with Crippen molar-refractivity contribution >= 4 is 17.7 Å². The molecule has 114 valence electrons. The van der Waals surface area contributed by atoms with Gasteiger partial charge in [0.05, 0.1) is 5.69 Å². The summed E-state index contributed by atoms with van der Waals surface area (Å²) in [6.07, 6.45) is 5.17. The van der Waals surface area contributed by atoms with E-state index in [2.05, 4.69) is 15.6 Å². The third kappa shape index (κ3) is 2.89. The summed E-state index contributed by atoms with van der Waals surface area (Å²) in [5, 5.41) is 14.6. The summed E-state index contributed by atoms with van der Waals surface area (Å²) >= 11 is 0. The van der Waals surface area contributed by atoms with Crippen LogP contribution in [0.3, 0.4) is 0 Å². The highest BCUT2D eigenvalue weighted by atomic mass is 16.4. The first-order valence-corrected chi connectivity index (χ1v) is 7.50. The third-order valence-corrected chi connectivity index (χ3v) is 4.82. The van der Waals surface area contributed by atoms with Gasteiger partial charge in [-0.05, 0) is 50.0 Å². The summed E-state index contributed by atoms with van der Waals surface area (Å²) in [5.41, 5.74) is 1.03. The number of urea groups is 1. The van der Waals surface area contributed by atoms with E-state index in [9.17, 15) is 9.59 Å². The highest BCUT2D eigenvalue weighted by Gasteiger charge is 2.39. The molecule has 2 fully saturated rings. The zero-order valence-electron chi connectivity index (χ0n) is 12.1. The van der Waals surface area contributed by atoms with E-state index < -0.39 is 5.97 Å². The second-order valence-electron chi connectivity index (χ2n) is 6.32. The van der Waals surface area contributed by atoms with Crippen LogP contribution in [0.1, 0.15) is 41.9 Å². The zero-order valence-corrected chi connectivity index (χ0v) is 12.1. The first kappa shape index (κ1) is 14.0. The van der Waals surface area contributed by atoms with Crippen LogP contribution in [-0.2, 0) is 0 Å². The number of hydrogen-bond donors (Lipinski definition) is 4. The second kappa shape index (κ2) is 5.42. The van der Waals surface area contributed by atoms with Gasteiger partial charge in [-0.1, -0.05) is 6.42 Å². The van der Waals surface area contributed by atoms with Crippen LogP contribution in [0.25, 0.3) is 0 Å². The predicted molar refractivity (Wildman–Crippen MR) is 78.4 cm³/mol. The van der Waals surface area contributed by atoms with E-state index in [1.165, 1.54) is 25.7 Å². The Morgan fingerprint density at radius 2 is 2.19 bits per heavy atom. The summed E-state index contributed by atoms with van der Waals surface area (Å²) in [6.45, 7) is 2.43. The van der Waals surface area contributed by atoms with Crippen molar-refractivity contribution in [3.63, 3.8) is 0 Å². The van der Waals surface area contributed by atoms with E-state index in [-0.39, 0.29) is 11.7 Å². The van der Waals surface area contributed by atoms with Crippen LogP contribution in [0, 0.1) is 24.7 Å². The average Bonchev–Trinajstić information content (AvgIpc) is 3.11. The lowest BCUT2D eigenvalue weighted by molar-refractivity contribution is 0.0692. The van der Waals surface area contributed by atoms with Gasteiger partial charge in [-0.15, -0.1) is 0 Å². The standard InChI is InChI=1S/C15H21N3O3/c1-8-4-12(13(17-8)14(19)20)18-15(21)16-7-11-6-9-2-3-10(11)5-9/h4,9-11,17H,2-3,5-7H2,1H3,(H,19,20)(H2,16,18,21). The maximum absolute atomic E-state index is 11.9. The third-order valence-electron chi connectivity index (χ3n) is 4.82. The molecule has 2 saturated carbocycles. The largest absolute Gasteiger partial charge is 0.477 e. The molecule has 2 aliphatic carbocycles. The number of aromatic nitrogens is 1. The van der Waals surface area contributed by atoms with E-state index in [4.69, 9.17) is 5.11 Å².